The molecule has 164 valence electrons. The Hall–Kier alpha value is -0.210. The summed E-state index contributed by atoms with van der Waals surface area (Å²) in [6.45, 7) is -3.24. The quantitative estimate of drug-likeness (QED) is 0.0649. The average molecular weight is 420 g/mol. The van der Waals surface area contributed by atoms with Crippen molar-refractivity contribution < 1.29 is 48.9 Å². The highest BCUT2D eigenvalue weighted by Gasteiger charge is 2.34. The fourth-order valence-electron chi connectivity index (χ4n) is 1.80. The topological polar surface area (TPSA) is 204 Å². The fraction of sp³-hybridized carbons (Fsp3) is 1.00. The second kappa shape index (κ2) is 13.9. The zero-order valence-electron chi connectivity index (χ0n) is 15.3. The molecular formula is C14H33N2O10P. The molecule has 0 aliphatic heterocycles. The monoisotopic (exact) mass is 420 g/mol. The number of phosphoric ester groups is 1. The van der Waals surface area contributed by atoms with Crippen LogP contribution in [0.4, 0.5) is 0 Å². The van der Waals surface area contributed by atoms with Crippen molar-refractivity contribution in [1.29, 1.82) is 0 Å². The van der Waals surface area contributed by atoms with Gasteiger partial charge in [-0.3, -0.25) is 9.05 Å². The van der Waals surface area contributed by atoms with Crippen LogP contribution in [0, 0.1) is 10.8 Å². The Morgan fingerprint density at radius 3 is 1.44 bits per heavy atom. The highest BCUT2D eigenvalue weighted by atomic mass is 31.2. The summed E-state index contributed by atoms with van der Waals surface area (Å²) in [5.74, 6) is 0. The van der Waals surface area contributed by atoms with Crippen LogP contribution in [0.25, 0.3) is 0 Å². The van der Waals surface area contributed by atoms with Gasteiger partial charge in [-0.05, 0) is 12.8 Å². The van der Waals surface area contributed by atoms with Gasteiger partial charge in [0.1, 0.15) is 0 Å². The minimum Gasteiger partial charge on any atom is -0.396 e. The van der Waals surface area contributed by atoms with Crippen molar-refractivity contribution in [1.82, 2.24) is 5.48 Å². The van der Waals surface area contributed by atoms with Crippen LogP contribution in [0.1, 0.15) is 12.8 Å². The molecule has 0 heterocycles. The van der Waals surface area contributed by atoms with Gasteiger partial charge < -0.3 is 36.4 Å². The van der Waals surface area contributed by atoms with Gasteiger partial charge >= 0.3 is 7.82 Å². The van der Waals surface area contributed by atoms with Gasteiger partial charge in [-0.25, -0.2) is 4.57 Å². The van der Waals surface area contributed by atoms with E-state index in [1.807, 2.05) is 0 Å². The predicted octanol–water partition coefficient (Wildman–Crippen LogP) is -2.69. The highest BCUT2D eigenvalue weighted by molar-refractivity contribution is 7.48. The molecule has 12 nitrogen and oxygen atoms in total. The zero-order chi connectivity index (χ0) is 20.8. The summed E-state index contributed by atoms with van der Waals surface area (Å²) in [7, 11) is -4.14. The third-order valence-corrected chi connectivity index (χ3v) is 5.55. The second-order valence-corrected chi connectivity index (χ2v) is 7.93. The molecule has 0 bridgehead atoms. The molecule has 0 atom stereocenters. The Balaban J connectivity index is 4.82. The number of rotatable bonds is 18. The smallest absolute Gasteiger partial charge is 0.396 e. The number of nitrogens with two attached hydrogens (primary N) is 1. The summed E-state index contributed by atoms with van der Waals surface area (Å²) in [5, 5.41) is 55.7. The molecule has 0 amide bonds. The molecule has 0 radical (unpaired) electrons. The first-order valence-electron chi connectivity index (χ1n) is 8.50. The number of aliphatic hydroxyl groups excluding tert-OH is 6. The van der Waals surface area contributed by atoms with Gasteiger partial charge in [-0.15, -0.1) is 0 Å². The lowest BCUT2D eigenvalue weighted by molar-refractivity contribution is -0.0231. The number of hydrogen-bond acceptors (Lipinski definition) is 12. The SMILES string of the molecule is NCCNOP(=O)(OCCC(CO)(CO)CO)OCCC(CO)(CO)CO. The number of phosphoric acid groups is 1. The van der Waals surface area contributed by atoms with Crippen LogP contribution in [0.15, 0.2) is 0 Å². The zero-order valence-corrected chi connectivity index (χ0v) is 16.2. The van der Waals surface area contributed by atoms with E-state index >= 15 is 0 Å². The first kappa shape index (κ1) is 26.8. The van der Waals surface area contributed by atoms with Gasteiger partial charge in [-0.2, -0.15) is 10.1 Å². The molecule has 0 aromatic carbocycles. The lowest BCUT2D eigenvalue weighted by atomic mass is 9.88. The lowest BCUT2D eigenvalue weighted by Crippen LogP contribution is -2.35. The third kappa shape index (κ3) is 9.22. The van der Waals surface area contributed by atoms with Crippen molar-refractivity contribution in [3.8, 4) is 0 Å². The number of hydroxylamine groups is 1. The second-order valence-electron chi connectivity index (χ2n) is 6.34. The molecule has 0 aliphatic carbocycles. The van der Waals surface area contributed by atoms with Crippen LogP contribution in [0.5, 0.6) is 0 Å². The van der Waals surface area contributed by atoms with E-state index in [-0.39, 0.29) is 39.1 Å². The van der Waals surface area contributed by atoms with Crippen molar-refractivity contribution in [3.05, 3.63) is 0 Å². The number of hydrogen-bond donors (Lipinski definition) is 8. The molecule has 0 unspecified atom stereocenters. The Labute approximate surface area is 158 Å². The maximum absolute atomic E-state index is 12.6. The van der Waals surface area contributed by atoms with Gasteiger partial charge in [0.2, 0.25) is 0 Å². The van der Waals surface area contributed by atoms with Gasteiger partial charge in [0, 0.05) is 23.9 Å². The molecule has 0 aromatic rings. The summed E-state index contributed by atoms with van der Waals surface area (Å²) < 4.78 is 27.8. The van der Waals surface area contributed by atoms with E-state index in [4.69, 9.17) is 19.4 Å². The van der Waals surface area contributed by atoms with Crippen LogP contribution in [-0.2, 0) is 18.2 Å². The van der Waals surface area contributed by atoms with Gasteiger partial charge in [0.25, 0.3) is 0 Å². The van der Waals surface area contributed by atoms with E-state index in [0.717, 1.165) is 0 Å². The molecular weight excluding hydrogens is 387 g/mol. The minimum absolute atomic E-state index is 0.0298. The van der Waals surface area contributed by atoms with Gasteiger partial charge in [0.15, 0.2) is 0 Å². The first-order valence-corrected chi connectivity index (χ1v) is 9.96. The average Bonchev–Trinajstić information content (AvgIpc) is 2.70. The third-order valence-electron chi connectivity index (χ3n) is 4.20. The van der Waals surface area contributed by atoms with Crippen molar-refractivity contribution in [2.24, 2.45) is 16.6 Å². The molecule has 0 spiro atoms. The normalized spacial score (nSPS) is 13.3. The molecule has 0 rings (SSSR count). The molecule has 0 saturated carbocycles. The van der Waals surface area contributed by atoms with E-state index in [0.29, 0.717) is 0 Å². The van der Waals surface area contributed by atoms with E-state index in [2.05, 4.69) is 5.48 Å². The van der Waals surface area contributed by atoms with Crippen molar-refractivity contribution in [2.75, 3.05) is 65.9 Å². The van der Waals surface area contributed by atoms with Crippen molar-refractivity contribution in [3.63, 3.8) is 0 Å². The Bertz CT molecular complexity index is 374. The minimum atomic E-state index is -4.14. The summed E-state index contributed by atoms with van der Waals surface area (Å²) in [6.07, 6.45) is -0.0596. The lowest BCUT2D eigenvalue weighted by Gasteiger charge is -2.29. The van der Waals surface area contributed by atoms with Crippen LogP contribution >= 0.6 is 7.82 Å². The maximum Gasteiger partial charge on any atom is 0.491 e. The summed E-state index contributed by atoms with van der Waals surface area (Å²) in [4.78, 5) is 0. The van der Waals surface area contributed by atoms with E-state index < -0.39 is 58.3 Å². The Morgan fingerprint density at radius 1 is 0.778 bits per heavy atom. The number of aliphatic hydroxyl groups is 6. The summed E-state index contributed by atoms with van der Waals surface area (Å²) >= 11 is 0. The molecule has 0 aliphatic rings. The first-order chi connectivity index (χ1) is 12.8. The Morgan fingerprint density at radius 2 is 1.15 bits per heavy atom. The fourth-order valence-corrected chi connectivity index (χ4v) is 2.85. The van der Waals surface area contributed by atoms with Crippen LogP contribution < -0.4 is 11.2 Å². The molecule has 13 heteroatoms. The van der Waals surface area contributed by atoms with Crippen molar-refractivity contribution in [2.45, 2.75) is 12.8 Å². The number of nitrogens with one attached hydrogen (secondary N) is 1. The molecule has 0 aromatic heterocycles. The molecule has 9 N–H and O–H groups in total. The predicted molar refractivity (Wildman–Crippen MR) is 94.3 cm³/mol. The van der Waals surface area contributed by atoms with E-state index in [9.17, 15) is 35.2 Å². The highest BCUT2D eigenvalue weighted by Crippen LogP contribution is 2.49. The largest absolute Gasteiger partial charge is 0.491 e. The van der Waals surface area contributed by atoms with Gasteiger partial charge in [0.05, 0.1) is 52.9 Å². The van der Waals surface area contributed by atoms with Crippen LogP contribution in [0.3, 0.4) is 0 Å². The van der Waals surface area contributed by atoms with E-state index in [1.54, 1.807) is 0 Å². The van der Waals surface area contributed by atoms with Crippen LogP contribution in [0.2, 0.25) is 0 Å². The van der Waals surface area contributed by atoms with Crippen LogP contribution in [-0.4, -0.2) is 96.6 Å². The van der Waals surface area contributed by atoms with Crippen molar-refractivity contribution >= 4 is 7.82 Å². The summed E-state index contributed by atoms with van der Waals surface area (Å²) in [6, 6.07) is 0. The maximum atomic E-state index is 12.6. The molecule has 0 saturated heterocycles. The van der Waals surface area contributed by atoms with E-state index in [1.165, 1.54) is 0 Å². The summed E-state index contributed by atoms with van der Waals surface area (Å²) in [5.41, 5.74) is 5.19. The molecule has 0 fully saturated rings. The standard InChI is InChI=1S/C14H33N2O10P/c15-3-4-16-26-27(23,24-5-1-13(7-17,8-18)9-19)25-6-2-14(10-20,11-21)12-22/h16-22H,1-12,15H2. The van der Waals surface area contributed by atoms with Gasteiger partial charge in [-0.1, -0.05) is 0 Å². The molecule has 27 heavy (non-hydrogen) atoms. The Kier molecular flexibility index (Phi) is 13.8.